The first-order valence-corrected chi connectivity index (χ1v) is 7.74. The van der Waals surface area contributed by atoms with Crippen molar-refractivity contribution < 1.29 is 13.6 Å². The predicted octanol–water partition coefficient (Wildman–Crippen LogP) is 3.32. The molecule has 0 spiro atoms. The Morgan fingerprint density at radius 2 is 2.27 bits per heavy atom. The first-order valence-electron chi connectivity index (χ1n) is 6.38. The molecule has 1 amide bonds. The molecule has 0 bridgehead atoms. The van der Waals surface area contributed by atoms with Gasteiger partial charge in [0.2, 0.25) is 12.3 Å². The molecule has 118 valence electrons. The molecule has 0 atom stereocenters. The van der Waals surface area contributed by atoms with E-state index in [-0.39, 0.29) is 18.1 Å². The van der Waals surface area contributed by atoms with Crippen LogP contribution in [0.25, 0.3) is 0 Å². The topological polar surface area (TPSA) is 59.8 Å². The molecule has 0 aliphatic carbocycles. The van der Waals surface area contributed by atoms with Gasteiger partial charge >= 0.3 is 0 Å². The molecule has 2 aromatic rings. The normalized spacial score (nSPS) is 10.9. The maximum absolute atomic E-state index is 12.4. The van der Waals surface area contributed by atoms with Crippen LogP contribution in [0, 0.1) is 0 Å². The van der Waals surface area contributed by atoms with E-state index in [1.807, 2.05) is 0 Å². The van der Waals surface area contributed by atoms with Crippen molar-refractivity contribution >= 4 is 35.0 Å². The number of carbonyl (C=O) groups is 1. The second-order valence-electron chi connectivity index (χ2n) is 4.28. The van der Waals surface area contributed by atoms with Crippen LogP contribution in [-0.4, -0.2) is 32.8 Å². The fourth-order valence-electron chi connectivity index (χ4n) is 1.68. The minimum atomic E-state index is -2.45. The second-order valence-corrected chi connectivity index (χ2v) is 5.71. The highest BCUT2D eigenvalue weighted by Crippen LogP contribution is 2.35. The number of benzene rings is 1. The molecule has 1 aromatic carbocycles. The summed E-state index contributed by atoms with van der Waals surface area (Å²) in [6, 6.07) is 4.88. The lowest BCUT2D eigenvalue weighted by Crippen LogP contribution is -2.15. The highest BCUT2D eigenvalue weighted by Gasteiger charge is 2.13. The summed E-state index contributed by atoms with van der Waals surface area (Å²) in [5, 5.41) is 6.91. The smallest absolute Gasteiger partial charge is 0.247 e. The van der Waals surface area contributed by atoms with Gasteiger partial charge in [-0.05, 0) is 12.1 Å². The van der Waals surface area contributed by atoms with Crippen LogP contribution in [0.5, 0.6) is 0 Å². The number of halogens is 3. The molecule has 1 aromatic heterocycles. The molecule has 22 heavy (non-hydrogen) atoms. The molecule has 9 heteroatoms. The van der Waals surface area contributed by atoms with Gasteiger partial charge in [-0.25, -0.2) is 13.8 Å². The van der Waals surface area contributed by atoms with Crippen LogP contribution in [0.4, 0.5) is 14.5 Å². The van der Waals surface area contributed by atoms with E-state index in [1.165, 1.54) is 17.3 Å². The van der Waals surface area contributed by atoms with E-state index < -0.39 is 6.43 Å². The summed E-state index contributed by atoms with van der Waals surface area (Å²) in [7, 11) is 0. The number of amides is 1. The lowest BCUT2D eigenvalue weighted by Gasteiger charge is -2.12. The van der Waals surface area contributed by atoms with Crippen molar-refractivity contribution in [1.29, 1.82) is 0 Å². The Kier molecular flexibility index (Phi) is 6.14. The van der Waals surface area contributed by atoms with Crippen molar-refractivity contribution in [3.05, 3.63) is 35.9 Å². The van der Waals surface area contributed by atoms with Gasteiger partial charge in [-0.2, -0.15) is 5.10 Å². The Bertz CT molecular complexity index is 625. The quantitative estimate of drug-likeness (QED) is 0.781. The summed E-state index contributed by atoms with van der Waals surface area (Å²) in [6.45, 7) is 0.381. The summed E-state index contributed by atoms with van der Waals surface area (Å²) in [5.41, 5.74) is 0.432. The fourth-order valence-corrected chi connectivity index (χ4v) is 2.79. The molecule has 0 saturated heterocycles. The molecule has 1 N–H and O–H groups in total. The Morgan fingerprint density at radius 1 is 1.45 bits per heavy atom. The van der Waals surface area contributed by atoms with Gasteiger partial charge < -0.3 is 5.32 Å². The van der Waals surface area contributed by atoms with Crippen LogP contribution in [0.1, 0.15) is 6.42 Å². The molecular weight excluding hydrogens is 334 g/mol. The van der Waals surface area contributed by atoms with Crippen molar-refractivity contribution in [1.82, 2.24) is 14.8 Å². The van der Waals surface area contributed by atoms with E-state index >= 15 is 0 Å². The molecule has 0 unspecified atom stereocenters. The average Bonchev–Trinajstić information content (AvgIpc) is 2.97. The van der Waals surface area contributed by atoms with E-state index in [0.717, 1.165) is 11.8 Å². The molecule has 0 aliphatic heterocycles. The number of rotatable bonds is 7. The summed E-state index contributed by atoms with van der Waals surface area (Å²) in [4.78, 5) is 16.2. The molecule has 1 heterocycles. The molecule has 0 saturated carbocycles. The molecular formula is C13H13ClF2N4OS. The van der Waals surface area contributed by atoms with Crippen molar-refractivity contribution in [3.63, 3.8) is 0 Å². The molecule has 2 rings (SSSR count). The number of aromatic nitrogens is 3. The summed E-state index contributed by atoms with van der Waals surface area (Å²) < 4.78 is 26.2. The third-order valence-electron chi connectivity index (χ3n) is 2.63. The Hall–Kier alpha value is -1.67. The second kappa shape index (κ2) is 8.09. The van der Waals surface area contributed by atoms with Crippen LogP contribution in [-0.2, 0) is 11.3 Å². The third-order valence-corrected chi connectivity index (χ3v) is 4.20. The number of thioether (sulfide) groups is 1. The number of hydrogen-bond acceptors (Lipinski definition) is 4. The fraction of sp³-hybridized carbons (Fsp3) is 0.308. The van der Waals surface area contributed by atoms with Crippen LogP contribution in [0.3, 0.4) is 0 Å². The highest BCUT2D eigenvalue weighted by atomic mass is 35.5. The molecule has 0 fully saturated rings. The van der Waals surface area contributed by atoms with Gasteiger partial charge in [0, 0.05) is 11.3 Å². The minimum absolute atomic E-state index is 0.189. The van der Waals surface area contributed by atoms with Gasteiger partial charge in [-0.3, -0.25) is 9.48 Å². The monoisotopic (exact) mass is 346 g/mol. The van der Waals surface area contributed by atoms with E-state index in [9.17, 15) is 13.6 Å². The average molecular weight is 347 g/mol. The maximum atomic E-state index is 12.4. The zero-order valence-electron chi connectivity index (χ0n) is 11.4. The zero-order chi connectivity index (χ0) is 15.9. The maximum Gasteiger partial charge on any atom is 0.247 e. The molecule has 5 nitrogen and oxygen atoms in total. The number of aryl methyl sites for hydroxylation is 1. The van der Waals surface area contributed by atoms with E-state index in [1.54, 1.807) is 18.2 Å². The largest absolute Gasteiger partial charge is 0.325 e. The number of nitrogens with one attached hydrogen (secondary N) is 1. The lowest BCUT2D eigenvalue weighted by molar-refractivity contribution is -0.116. The minimum Gasteiger partial charge on any atom is -0.325 e. The Morgan fingerprint density at radius 3 is 2.95 bits per heavy atom. The Balaban J connectivity index is 1.98. The SMILES string of the molecule is O=C(CCn1cncn1)Nc1cccc(Cl)c1SCC(F)F. The van der Waals surface area contributed by atoms with Crippen molar-refractivity contribution in [2.45, 2.75) is 24.3 Å². The third kappa shape index (κ3) is 4.96. The number of nitrogens with zero attached hydrogens (tertiary/aromatic N) is 3. The van der Waals surface area contributed by atoms with E-state index in [4.69, 9.17) is 11.6 Å². The first kappa shape index (κ1) is 16.7. The first-order chi connectivity index (χ1) is 10.6. The zero-order valence-corrected chi connectivity index (χ0v) is 12.9. The van der Waals surface area contributed by atoms with Crippen LogP contribution < -0.4 is 5.32 Å². The van der Waals surface area contributed by atoms with Crippen molar-refractivity contribution in [3.8, 4) is 0 Å². The van der Waals surface area contributed by atoms with Crippen LogP contribution >= 0.6 is 23.4 Å². The van der Waals surface area contributed by atoms with Gasteiger partial charge in [0.25, 0.3) is 0 Å². The van der Waals surface area contributed by atoms with Crippen LogP contribution in [0.15, 0.2) is 35.7 Å². The highest BCUT2D eigenvalue weighted by molar-refractivity contribution is 7.99. The Labute approximate surface area is 135 Å². The van der Waals surface area contributed by atoms with Gasteiger partial charge in [-0.1, -0.05) is 17.7 Å². The number of alkyl halides is 2. The summed E-state index contributed by atoms with van der Waals surface area (Å²) in [6.07, 6.45) is 0.636. The molecule has 0 radical (unpaired) electrons. The number of anilines is 1. The van der Waals surface area contributed by atoms with Gasteiger partial charge in [0.05, 0.1) is 23.0 Å². The predicted molar refractivity (Wildman–Crippen MR) is 81.4 cm³/mol. The summed E-state index contributed by atoms with van der Waals surface area (Å²) >= 11 is 6.93. The van der Waals surface area contributed by atoms with Gasteiger partial charge in [0.1, 0.15) is 12.7 Å². The molecule has 0 aliphatic rings. The van der Waals surface area contributed by atoms with Crippen molar-refractivity contribution in [2.24, 2.45) is 0 Å². The number of hydrogen-bond donors (Lipinski definition) is 1. The van der Waals surface area contributed by atoms with E-state index in [2.05, 4.69) is 15.4 Å². The van der Waals surface area contributed by atoms with Gasteiger partial charge in [-0.15, -0.1) is 11.8 Å². The summed E-state index contributed by atoms with van der Waals surface area (Å²) in [5.74, 6) is -0.636. The number of carbonyl (C=O) groups excluding carboxylic acids is 1. The van der Waals surface area contributed by atoms with E-state index in [0.29, 0.717) is 22.2 Å². The van der Waals surface area contributed by atoms with Gasteiger partial charge in [0.15, 0.2) is 0 Å². The van der Waals surface area contributed by atoms with Crippen LogP contribution in [0.2, 0.25) is 5.02 Å². The van der Waals surface area contributed by atoms with Crippen molar-refractivity contribution in [2.75, 3.05) is 11.1 Å². The lowest BCUT2D eigenvalue weighted by atomic mass is 10.3. The standard InChI is InChI=1S/C13H13ClF2N4OS/c14-9-2-1-3-10(13(9)22-6-11(15)16)19-12(21)4-5-20-8-17-7-18-20/h1-3,7-8,11H,4-6H2,(H,19,21).